The van der Waals surface area contributed by atoms with Gasteiger partial charge in [-0.25, -0.2) is 0 Å². The molecule has 7 nitrogen and oxygen atoms in total. The van der Waals surface area contributed by atoms with Gasteiger partial charge in [0.1, 0.15) is 18.1 Å². The van der Waals surface area contributed by atoms with Crippen LogP contribution in [-0.2, 0) is 11.3 Å². The summed E-state index contributed by atoms with van der Waals surface area (Å²) < 4.78 is 18.3. The van der Waals surface area contributed by atoms with E-state index < -0.39 is 0 Å². The second kappa shape index (κ2) is 10.7. The van der Waals surface area contributed by atoms with Crippen LogP contribution in [0.15, 0.2) is 59.5 Å². The number of hydrogen-bond donors (Lipinski definition) is 1. The van der Waals surface area contributed by atoms with Crippen molar-refractivity contribution in [2.24, 2.45) is 0 Å². The molecule has 0 bridgehead atoms. The van der Waals surface area contributed by atoms with Crippen molar-refractivity contribution in [1.82, 2.24) is 4.57 Å². The van der Waals surface area contributed by atoms with Gasteiger partial charge >= 0.3 is 0 Å². The molecule has 1 heterocycles. The Bertz CT molecular complexity index is 1140. The van der Waals surface area contributed by atoms with Gasteiger partial charge in [0.2, 0.25) is 5.43 Å². The van der Waals surface area contributed by atoms with Crippen molar-refractivity contribution in [2.75, 3.05) is 25.6 Å². The molecule has 0 spiro atoms. The first-order chi connectivity index (χ1) is 15.4. The summed E-state index contributed by atoms with van der Waals surface area (Å²) in [4.78, 5) is 24.6. The Kier molecular flexibility index (Phi) is 7.78. The number of aromatic nitrogens is 1. The van der Waals surface area contributed by atoms with Crippen molar-refractivity contribution in [3.8, 4) is 17.2 Å². The number of hydrogen-bond acceptors (Lipinski definition) is 5. The van der Waals surface area contributed by atoms with Crippen LogP contribution in [0.2, 0.25) is 5.02 Å². The molecule has 3 aromatic rings. The molecule has 0 saturated heterocycles. The van der Waals surface area contributed by atoms with Crippen LogP contribution in [0.1, 0.15) is 11.3 Å². The van der Waals surface area contributed by atoms with Crippen LogP contribution in [-0.4, -0.2) is 30.8 Å². The lowest BCUT2D eigenvalue weighted by atomic mass is 10.2. The van der Waals surface area contributed by atoms with Gasteiger partial charge in [0.15, 0.2) is 12.4 Å². The largest absolute Gasteiger partial charge is 0.497 e. The van der Waals surface area contributed by atoms with Crippen LogP contribution in [0, 0.1) is 13.8 Å². The minimum absolute atomic E-state index is 0.134. The first kappa shape index (κ1) is 23.2. The van der Waals surface area contributed by atoms with Gasteiger partial charge in [-0.05, 0) is 55.8 Å². The Labute approximate surface area is 191 Å². The molecule has 2 aromatic carbocycles. The van der Waals surface area contributed by atoms with E-state index in [0.717, 1.165) is 11.3 Å². The number of amides is 1. The number of rotatable bonds is 9. The van der Waals surface area contributed by atoms with Crippen molar-refractivity contribution in [3.63, 3.8) is 0 Å². The van der Waals surface area contributed by atoms with Gasteiger partial charge in [-0.1, -0.05) is 17.7 Å². The molecule has 1 N–H and O–H groups in total. The van der Waals surface area contributed by atoms with Crippen LogP contribution in [0.5, 0.6) is 17.2 Å². The van der Waals surface area contributed by atoms with E-state index in [9.17, 15) is 9.59 Å². The molecular formula is C24H25ClN2O5. The molecule has 0 aliphatic carbocycles. The van der Waals surface area contributed by atoms with Crippen LogP contribution in [0.25, 0.3) is 0 Å². The summed E-state index contributed by atoms with van der Waals surface area (Å²) in [5.74, 6) is 1.22. The molecule has 3 rings (SSSR count). The van der Waals surface area contributed by atoms with E-state index in [1.807, 2.05) is 35.8 Å². The van der Waals surface area contributed by atoms with E-state index in [2.05, 4.69) is 5.32 Å². The summed E-state index contributed by atoms with van der Waals surface area (Å²) in [5.41, 5.74) is 1.69. The van der Waals surface area contributed by atoms with Crippen LogP contribution < -0.4 is 25.0 Å². The van der Waals surface area contributed by atoms with Gasteiger partial charge in [0.05, 0.1) is 19.3 Å². The quantitative estimate of drug-likeness (QED) is 0.521. The lowest BCUT2D eigenvalue weighted by Gasteiger charge is -2.15. The van der Waals surface area contributed by atoms with E-state index in [0.29, 0.717) is 35.3 Å². The Balaban J connectivity index is 1.59. The molecule has 0 aliphatic heterocycles. The normalized spacial score (nSPS) is 10.5. The average molecular weight is 457 g/mol. The van der Waals surface area contributed by atoms with Gasteiger partial charge < -0.3 is 24.1 Å². The third kappa shape index (κ3) is 5.82. The number of carbonyl (C=O) groups is 1. The predicted molar refractivity (Wildman–Crippen MR) is 124 cm³/mol. The maximum absolute atomic E-state index is 12.3. The van der Waals surface area contributed by atoms with Crippen molar-refractivity contribution in [2.45, 2.75) is 20.4 Å². The number of nitrogens with one attached hydrogen (secondary N) is 1. The Morgan fingerprint density at radius 1 is 1.03 bits per heavy atom. The zero-order valence-electron chi connectivity index (χ0n) is 18.2. The molecule has 0 fully saturated rings. The van der Waals surface area contributed by atoms with Gasteiger partial charge in [-0.3, -0.25) is 9.59 Å². The number of methoxy groups -OCH3 is 1. The molecule has 0 atom stereocenters. The summed E-state index contributed by atoms with van der Waals surface area (Å²) in [5, 5.41) is 3.31. The second-order valence-electron chi connectivity index (χ2n) is 7.06. The third-order valence-corrected chi connectivity index (χ3v) is 5.35. The predicted octanol–water partition coefficient (Wildman–Crippen LogP) is 4.22. The topological polar surface area (TPSA) is 78.8 Å². The summed E-state index contributed by atoms with van der Waals surface area (Å²) in [7, 11) is 1.61. The standard InChI is InChI=1S/C24H25ClN2O5/c1-16-20(25)5-4-6-21(16)26-23(29)15-32-24-17(2)27(12-11-22(24)28)13-14-31-19-9-7-18(30-3)8-10-19/h4-12H,13-15H2,1-3H3,(H,26,29). The molecule has 8 heteroatoms. The first-order valence-electron chi connectivity index (χ1n) is 10.0. The van der Waals surface area contributed by atoms with Crippen LogP contribution in [0.4, 0.5) is 5.69 Å². The number of carbonyl (C=O) groups excluding carboxylic acids is 1. The maximum Gasteiger partial charge on any atom is 0.262 e. The molecule has 0 saturated carbocycles. The molecule has 0 aliphatic rings. The fourth-order valence-corrected chi connectivity index (χ4v) is 3.25. The van der Waals surface area contributed by atoms with Crippen molar-refractivity contribution in [3.05, 3.63) is 81.2 Å². The minimum atomic E-state index is -0.382. The number of pyridine rings is 1. The van der Waals surface area contributed by atoms with E-state index in [4.69, 9.17) is 25.8 Å². The highest BCUT2D eigenvalue weighted by molar-refractivity contribution is 6.31. The van der Waals surface area contributed by atoms with Gasteiger partial charge in [0.25, 0.3) is 5.91 Å². The third-order valence-electron chi connectivity index (χ3n) is 4.94. The molecule has 0 radical (unpaired) electrons. The van der Waals surface area contributed by atoms with Crippen molar-refractivity contribution in [1.29, 1.82) is 0 Å². The number of halogens is 1. The Hall–Kier alpha value is -3.45. The monoisotopic (exact) mass is 456 g/mol. The van der Waals surface area contributed by atoms with E-state index in [1.54, 1.807) is 38.4 Å². The Morgan fingerprint density at radius 2 is 1.75 bits per heavy atom. The highest BCUT2D eigenvalue weighted by Crippen LogP contribution is 2.23. The summed E-state index contributed by atoms with van der Waals surface area (Å²) in [6.07, 6.45) is 1.68. The summed E-state index contributed by atoms with van der Waals surface area (Å²) in [6, 6.07) is 14.0. The average Bonchev–Trinajstić information content (AvgIpc) is 2.79. The highest BCUT2D eigenvalue weighted by atomic mass is 35.5. The summed E-state index contributed by atoms with van der Waals surface area (Å²) >= 11 is 6.08. The molecule has 168 valence electrons. The smallest absolute Gasteiger partial charge is 0.262 e. The summed E-state index contributed by atoms with van der Waals surface area (Å²) in [6.45, 7) is 4.18. The van der Waals surface area contributed by atoms with Gasteiger partial charge in [-0.15, -0.1) is 0 Å². The zero-order chi connectivity index (χ0) is 23.1. The lowest BCUT2D eigenvalue weighted by molar-refractivity contribution is -0.118. The maximum atomic E-state index is 12.3. The molecule has 1 amide bonds. The first-order valence-corrected chi connectivity index (χ1v) is 10.4. The zero-order valence-corrected chi connectivity index (χ0v) is 18.9. The highest BCUT2D eigenvalue weighted by Gasteiger charge is 2.12. The fourth-order valence-electron chi connectivity index (χ4n) is 3.07. The van der Waals surface area contributed by atoms with E-state index in [1.165, 1.54) is 6.07 Å². The lowest BCUT2D eigenvalue weighted by Crippen LogP contribution is -2.24. The fraction of sp³-hybridized carbons (Fsp3) is 0.250. The van der Waals surface area contributed by atoms with E-state index in [-0.39, 0.29) is 23.7 Å². The SMILES string of the molecule is COc1ccc(OCCn2ccc(=O)c(OCC(=O)Nc3cccc(Cl)c3C)c2C)cc1. The van der Waals surface area contributed by atoms with Crippen LogP contribution >= 0.6 is 11.6 Å². The minimum Gasteiger partial charge on any atom is -0.497 e. The second-order valence-corrected chi connectivity index (χ2v) is 7.47. The van der Waals surface area contributed by atoms with Gasteiger partial charge in [-0.2, -0.15) is 0 Å². The Morgan fingerprint density at radius 3 is 2.47 bits per heavy atom. The van der Waals surface area contributed by atoms with E-state index >= 15 is 0 Å². The molecule has 0 unspecified atom stereocenters. The molecule has 32 heavy (non-hydrogen) atoms. The van der Waals surface area contributed by atoms with Crippen LogP contribution in [0.3, 0.4) is 0 Å². The molecular weight excluding hydrogens is 432 g/mol. The number of ether oxygens (including phenoxy) is 3. The van der Waals surface area contributed by atoms with Crippen molar-refractivity contribution >= 4 is 23.2 Å². The number of nitrogens with zero attached hydrogens (tertiary/aromatic N) is 1. The number of benzene rings is 2. The molecule has 1 aromatic heterocycles. The van der Waals surface area contributed by atoms with Crippen molar-refractivity contribution < 1.29 is 19.0 Å². The number of anilines is 1. The van der Waals surface area contributed by atoms with Gasteiger partial charge in [0, 0.05) is 23.0 Å².